The fourth-order valence-electron chi connectivity index (χ4n) is 1.73. The minimum Gasteiger partial charge on any atom is -0.424 e. The summed E-state index contributed by atoms with van der Waals surface area (Å²) in [6, 6.07) is 5.92. The third-order valence-corrected chi connectivity index (χ3v) is 2.54. The second kappa shape index (κ2) is 5.54. The van der Waals surface area contributed by atoms with Gasteiger partial charge in [-0.1, -0.05) is 12.1 Å². The molecule has 0 aliphatic carbocycles. The second-order valence-corrected chi connectivity index (χ2v) is 3.69. The Kier molecular flexibility index (Phi) is 4.35. The van der Waals surface area contributed by atoms with Crippen LogP contribution >= 0.6 is 0 Å². The van der Waals surface area contributed by atoms with Crippen LogP contribution in [0.3, 0.4) is 0 Å². The lowest BCUT2D eigenvalue weighted by atomic mass is 10.1. The van der Waals surface area contributed by atoms with E-state index in [1.54, 1.807) is 0 Å². The zero-order valence-electron chi connectivity index (χ0n) is 10.4. The molecule has 1 aromatic carbocycles. The molecular formula is C13H19NO2. The Morgan fingerprint density at radius 1 is 1.31 bits per heavy atom. The highest BCUT2D eigenvalue weighted by Gasteiger charge is 2.13. The van der Waals surface area contributed by atoms with Gasteiger partial charge in [0.2, 0.25) is 0 Å². The molecule has 0 aliphatic rings. The fraction of sp³-hybridized carbons (Fsp3) is 0.462. The van der Waals surface area contributed by atoms with Gasteiger partial charge in [0.25, 0.3) is 0 Å². The summed E-state index contributed by atoms with van der Waals surface area (Å²) < 4.78 is 5.28. The number of esters is 1. The van der Waals surface area contributed by atoms with E-state index in [0.29, 0.717) is 5.75 Å². The monoisotopic (exact) mass is 221 g/mol. The Morgan fingerprint density at radius 2 is 1.94 bits per heavy atom. The molecule has 0 saturated heterocycles. The minimum atomic E-state index is -0.275. The van der Waals surface area contributed by atoms with Gasteiger partial charge < -0.3 is 9.64 Å². The third-order valence-electron chi connectivity index (χ3n) is 2.54. The van der Waals surface area contributed by atoms with Crippen molar-refractivity contribution in [2.75, 3.05) is 18.0 Å². The van der Waals surface area contributed by atoms with E-state index in [2.05, 4.69) is 18.7 Å². The van der Waals surface area contributed by atoms with Crippen molar-refractivity contribution in [1.82, 2.24) is 0 Å². The highest BCUT2D eigenvalue weighted by Crippen LogP contribution is 2.31. The number of nitrogens with zero attached hydrogens (tertiary/aromatic N) is 1. The lowest BCUT2D eigenvalue weighted by Gasteiger charge is -2.24. The summed E-state index contributed by atoms with van der Waals surface area (Å²) in [5, 5.41) is 0. The van der Waals surface area contributed by atoms with E-state index in [9.17, 15) is 4.79 Å². The smallest absolute Gasteiger partial charge is 0.308 e. The van der Waals surface area contributed by atoms with E-state index in [4.69, 9.17) is 4.74 Å². The van der Waals surface area contributed by atoms with Gasteiger partial charge in [0, 0.05) is 20.0 Å². The normalized spacial score (nSPS) is 10.0. The molecular weight excluding hydrogens is 202 g/mol. The molecule has 0 radical (unpaired) electrons. The number of carbonyl (C=O) groups excluding carboxylic acids is 1. The Morgan fingerprint density at radius 3 is 2.44 bits per heavy atom. The Balaban J connectivity index is 3.15. The molecule has 88 valence electrons. The maximum Gasteiger partial charge on any atom is 0.308 e. The van der Waals surface area contributed by atoms with Crippen molar-refractivity contribution in [3.8, 4) is 5.75 Å². The summed E-state index contributed by atoms with van der Waals surface area (Å²) in [6.45, 7) is 9.35. The molecule has 0 aromatic heterocycles. The van der Waals surface area contributed by atoms with Crippen LogP contribution < -0.4 is 9.64 Å². The maximum absolute atomic E-state index is 11.1. The van der Waals surface area contributed by atoms with Crippen LogP contribution in [0.25, 0.3) is 0 Å². The molecule has 0 atom stereocenters. The van der Waals surface area contributed by atoms with Gasteiger partial charge in [-0.3, -0.25) is 4.79 Å². The van der Waals surface area contributed by atoms with E-state index in [1.807, 2.05) is 25.1 Å². The first-order valence-electron chi connectivity index (χ1n) is 5.63. The molecule has 0 fully saturated rings. The Hall–Kier alpha value is -1.51. The van der Waals surface area contributed by atoms with Gasteiger partial charge in [0.05, 0.1) is 5.69 Å². The Bertz CT molecular complexity index is 370. The summed E-state index contributed by atoms with van der Waals surface area (Å²) in [5.41, 5.74) is 1.97. The van der Waals surface area contributed by atoms with Crippen molar-refractivity contribution in [3.05, 3.63) is 23.8 Å². The molecule has 3 nitrogen and oxygen atoms in total. The number of hydrogen-bond acceptors (Lipinski definition) is 3. The molecule has 0 heterocycles. The van der Waals surface area contributed by atoms with E-state index >= 15 is 0 Å². The largest absolute Gasteiger partial charge is 0.424 e. The molecule has 0 spiro atoms. The van der Waals surface area contributed by atoms with Crippen molar-refractivity contribution >= 4 is 11.7 Å². The SMILES string of the molecule is CCN(CC)c1cccc(C)c1OC(C)=O. The number of carbonyl (C=O) groups is 1. The van der Waals surface area contributed by atoms with Gasteiger partial charge in [-0.15, -0.1) is 0 Å². The quantitative estimate of drug-likeness (QED) is 0.578. The number of rotatable bonds is 4. The minimum absolute atomic E-state index is 0.275. The first-order valence-corrected chi connectivity index (χ1v) is 5.63. The third kappa shape index (κ3) is 2.75. The van der Waals surface area contributed by atoms with Crippen molar-refractivity contribution in [3.63, 3.8) is 0 Å². The van der Waals surface area contributed by atoms with Crippen LogP contribution in [0.1, 0.15) is 26.3 Å². The predicted octanol–water partition coefficient (Wildman–Crippen LogP) is 2.77. The average molecular weight is 221 g/mol. The lowest BCUT2D eigenvalue weighted by molar-refractivity contribution is -0.131. The molecule has 16 heavy (non-hydrogen) atoms. The number of anilines is 1. The molecule has 0 unspecified atom stereocenters. The van der Waals surface area contributed by atoms with Crippen LogP contribution in [0.5, 0.6) is 5.75 Å². The molecule has 0 aliphatic heterocycles. The van der Waals surface area contributed by atoms with Gasteiger partial charge in [-0.25, -0.2) is 0 Å². The maximum atomic E-state index is 11.1. The first-order chi connectivity index (χ1) is 7.60. The standard InChI is InChI=1S/C13H19NO2/c1-5-14(6-2)12-9-7-8-10(3)13(12)16-11(4)15/h7-9H,5-6H2,1-4H3. The molecule has 0 saturated carbocycles. The number of para-hydroxylation sites is 1. The fourth-order valence-corrected chi connectivity index (χ4v) is 1.73. The molecule has 1 rings (SSSR count). The molecule has 0 bridgehead atoms. The van der Waals surface area contributed by atoms with Gasteiger partial charge in [0.15, 0.2) is 5.75 Å². The predicted molar refractivity (Wildman–Crippen MR) is 66.0 cm³/mol. The van der Waals surface area contributed by atoms with Crippen LogP contribution in [0.2, 0.25) is 0 Å². The van der Waals surface area contributed by atoms with Crippen LogP contribution in [-0.4, -0.2) is 19.1 Å². The van der Waals surface area contributed by atoms with E-state index < -0.39 is 0 Å². The molecule has 3 heteroatoms. The summed E-state index contributed by atoms with van der Waals surface area (Å²) in [7, 11) is 0. The number of benzene rings is 1. The summed E-state index contributed by atoms with van der Waals surface area (Å²) in [4.78, 5) is 13.2. The highest BCUT2D eigenvalue weighted by atomic mass is 16.5. The first kappa shape index (κ1) is 12.6. The van der Waals surface area contributed by atoms with Crippen molar-refractivity contribution in [1.29, 1.82) is 0 Å². The highest BCUT2D eigenvalue weighted by molar-refractivity contribution is 5.74. The van der Waals surface area contributed by atoms with Gasteiger partial charge in [0.1, 0.15) is 0 Å². The summed E-state index contributed by atoms with van der Waals surface area (Å²) in [5.74, 6) is 0.404. The number of ether oxygens (including phenoxy) is 1. The number of hydrogen-bond donors (Lipinski definition) is 0. The zero-order chi connectivity index (χ0) is 12.1. The lowest BCUT2D eigenvalue weighted by Crippen LogP contribution is -2.23. The molecule has 1 aromatic rings. The molecule has 0 amide bonds. The van der Waals surface area contributed by atoms with Crippen LogP contribution in [-0.2, 0) is 4.79 Å². The van der Waals surface area contributed by atoms with Gasteiger partial charge in [-0.05, 0) is 32.4 Å². The number of aryl methyl sites for hydroxylation is 1. The Labute approximate surface area is 97.0 Å². The van der Waals surface area contributed by atoms with E-state index in [0.717, 1.165) is 24.3 Å². The van der Waals surface area contributed by atoms with Crippen molar-refractivity contribution in [2.24, 2.45) is 0 Å². The summed E-state index contributed by atoms with van der Waals surface area (Å²) >= 11 is 0. The second-order valence-electron chi connectivity index (χ2n) is 3.69. The van der Waals surface area contributed by atoms with Crippen LogP contribution in [0, 0.1) is 6.92 Å². The van der Waals surface area contributed by atoms with E-state index in [1.165, 1.54) is 6.92 Å². The van der Waals surface area contributed by atoms with E-state index in [-0.39, 0.29) is 5.97 Å². The summed E-state index contributed by atoms with van der Waals surface area (Å²) in [6.07, 6.45) is 0. The van der Waals surface area contributed by atoms with Gasteiger partial charge in [-0.2, -0.15) is 0 Å². The van der Waals surface area contributed by atoms with Crippen molar-refractivity contribution in [2.45, 2.75) is 27.7 Å². The van der Waals surface area contributed by atoms with Gasteiger partial charge >= 0.3 is 5.97 Å². The van der Waals surface area contributed by atoms with Crippen molar-refractivity contribution < 1.29 is 9.53 Å². The topological polar surface area (TPSA) is 29.5 Å². The molecule has 0 N–H and O–H groups in total. The zero-order valence-corrected chi connectivity index (χ0v) is 10.4. The average Bonchev–Trinajstić information content (AvgIpc) is 2.24. The van der Waals surface area contributed by atoms with Crippen LogP contribution in [0.15, 0.2) is 18.2 Å². The van der Waals surface area contributed by atoms with Crippen LogP contribution in [0.4, 0.5) is 5.69 Å².